The van der Waals surface area contributed by atoms with Crippen LogP contribution in [0.4, 0.5) is 0 Å². The number of nitrogens with two attached hydrogens (primary N) is 1. The van der Waals surface area contributed by atoms with Crippen LogP contribution in [0.3, 0.4) is 0 Å². The van der Waals surface area contributed by atoms with E-state index in [0.717, 1.165) is 26.6 Å². The first-order valence-corrected chi connectivity index (χ1v) is 7.86. The molecule has 2 N–H and O–H groups in total. The Morgan fingerprint density at radius 2 is 1.90 bits per heavy atom. The van der Waals surface area contributed by atoms with Crippen molar-refractivity contribution in [2.24, 2.45) is 5.73 Å². The van der Waals surface area contributed by atoms with Crippen LogP contribution in [0.1, 0.15) is 17.3 Å². The number of hydrogen-bond donors (Lipinski definition) is 1. The molecule has 1 unspecified atom stereocenters. The van der Waals surface area contributed by atoms with Crippen molar-refractivity contribution >= 4 is 38.4 Å². The average Bonchev–Trinajstić information content (AvgIpc) is 2.49. The van der Waals surface area contributed by atoms with Gasteiger partial charge in [-0.25, -0.2) is 0 Å². The first kappa shape index (κ1) is 14.5. The van der Waals surface area contributed by atoms with Gasteiger partial charge in [0.1, 0.15) is 0 Å². The van der Waals surface area contributed by atoms with Crippen molar-refractivity contribution in [3.05, 3.63) is 75.4 Å². The van der Waals surface area contributed by atoms with Gasteiger partial charge in [-0.15, -0.1) is 0 Å². The van der Waals surface area contributed by atoms with Gasteiger partial charge in [-0.3, -0.25) is 4.98 Å². The van der Waals surface area contributed by atoms with Crippen molar-refractivity contribution in [2.75, 3.05) is 0 Å². The molecule has 0 radical (unpaired) electrons. The third-order valence-electron chi connectivity index (χ3n) is 3.44. The molecule has 0 bridgehead atoms. The number of para-hydroxylation sites is 1. The molecule has 0 spiro atoms. The first-order chi connectivity index (χ1) is 10.1. The van der Waals surface area contributed by atoms with Crippen LogP contribution in [-0.2, 0) is 6.42 Å². The standard InChI is InChI=1S/C17H14BrClN2/c18-12-6-8-15(19)14(9-12)16(20)10-13-7-5-11-3-1-2-4-17(11)21-13/h1-9,16H,10,20H2. The molecule has 3 aromatic rings. The van der Waals surface area contributed by atoms with E-state index in [0.29, 0.717) is 11.4 Å². The highest BCUT2D eigenvalue weighted by Gasteiger charge is 2.12. The van der Waals surface area contributed by atoms with Crippen LogP contribution in [0.25, 0.3) is 10.9 Å². The van der Waals surface area contributed by atoms with Gasteiger partial charge in [0.25, 0.3) is 0 Å². The summed E-state index contributed by atoms with van der Waals surface area (Å²) in [4.78, 5) is 4.66. The van der Waals surface area contributed by atoms with Crippen molar-refractivity contribution < 1.29 is 0 Å². The molecule has 0 fully saturated rings. The molecule has 0 saturated carbocycles. The Morgan fingerprint density at radius 1 is 1.10 bits per heavy atom. The van der Waals surface area contributed by atoms with Crippen molar-refractivity contribution in [3.63, 3.8) is 0 Å². The summed E-state index contributed by atoms with van der Waals surface area (Å²) >= 11 is 9.68. The number of pyridine rings is 1. The highest BCUT2D eigenvalue weighted by atomic mass is 79.9. The molecule has 0 amide bonds. The number of aromatic nitrogens is 1. The molecule has 0 aliphatic rings. The third kappa shape index (κ3) is 3.26. The van der Waals surface area contributed by atoms with E-state index in [1.165, 1.54) is 0 Å². The number of benzene rings is 2. The van der Waals surface area contributed by atoms with Crippen LogP contribution < -0.4 is 5.73 Å². The monoisotopic (exact) mass is 360 g/mol. The van der Waals surface area contributed by atoms with Gasteiger partial charge in [-0.2, -0.15) is 0 Å². The molecule has 0 saturated heterocycles. The summed E-state index contributed by atoms with van der Waals surface area (Å²) in [5.74, 6) is 0. The van der Waals surface area contributed by atoms with Gasteiger partial charge in [0.05, 0.1) is 5.52 Å². The quantitative estimate of drug-likeness (QED) is 0.721. The molecule has 106 valence electrons. The minimum absolute atomic E-state index is 0.177. The lowest BCUT2D eigenvalue weighted by molar-refractivity contribution is 0.709. The largest absolute Gasteiger partial charge is 0.324 e. The Balaban J connectivity index is 1.88. The van der Waals surface area contributed by atoms with Crippen LogP contribution >= 0.6 is 27.5 Å². The van der Waals surface area contributed by atoms with Crippen molar-refractivity contribution in [1.82, 2.24) is 4.98 Å². The lowest BCUT2D eigenvalue weighted by Gasteiger charge is -2.14. The SMILES string of the molecule is NC(Cc1ccc2ccccc2n1)c1cc(Br)ccc1Cl. The van der Waals surface area contributed by atoms with E-state index in [-0.39, 0.29) is 6.04 Å². The van der Waals surface area contributed by atoms with Gasteiger partial charge >= 0.3 is 0 Å². The lowest BCUT2D eigenvalue weighted by Crippen LogP contribution is -2.14. The minimum Gasteiger partial charge on any atom is -0.324 e. The number of rotatable bonds is 3. The minimum atomic E-state index is -0.177. The van der Waals surface area contributed by atoms with Crippen LogP contribution in [-0.4, -0.2) is 4.98 Å². The Labute approximate surface area is 137 Å². The highest BCUT2D eigenvalue weighted by molar-refractivity contribution is 9.10. The van der Waals surface area contributed by atoms with Crippen molar-refractivity contribution in [1.29, 1.82) is 0 Å². The average molecular weight is 362 g/mol. The van der Waals surface area contributed by atoms with Crippen LogP contribution in [0.5, 0.6) is 0 Å². The molecule has 4 heteroatoms. The Hall–Kier alpha value is -1.42. The van der Waals surface area contributed by atoms with Gasteiger partial charge in [-0.05, 0) is 35.9 Å². The second-order valence-corrected chi connectivity index (χ2v) is 6.29. The summed E-state index contributed by atoms with van der Waals surface area (Å²) in [6.45, 7) is 0. The van der Waals surface area contributed by atoms with E-state index < -0.39 is 0 Å². The van der Waals surface area contributed by atoms with Crippen LogP contribution in [0.15, 0.2) is 59.1 Å². The molecule has 1 atom stereocenters. The van der Waals surface area contributed by atoms with Crippen LogP contribution in [0, 0.1) is 0 Å². The molecular formula is C17H14BrClN2. The number of fused-ring (bicyclic) bond motifs is 1. The molecule has 1 heterocycles. The maximum Gasteiger partial charge on any atom is 0.0705 e. The van der Waals surface area contributed by atoms with Gasteiger partial charge < -0.3 is 5.73 Å². The molecule has 3 rings (SSSR count). The van der Waals surface area contributed by atoms with E-state index in [1.54, 1.807) is 0 Å². The zero-order valence-corrected chi connectivity index (χ0v) is 13.6. The zero-order chi connectivity index (χ0) is 14.8. The molecule has 21 heavy (non-hydrogen) atoms. The lowest BCUT2D eigenvalue weighted by atomic mass is 10.0. The predicted molar refractivity (Wildman–Crippen MR) is 91.5 cm³/mol. The second-order valence-electron chi connectivity index (χ2n) is 4.97. The normalized spacial score (nSPS) is 12.5. The molecule has 0 aliphatic carbocycles. The Kier molecular flexibility index (Phi) is 4.24. The Morgan fingerprint density at radius 3 is 2.76 bits per heavy atom. The summed E-state index contributed by atoms with van der Waals surface area (Å²) < 4.78 is 0.976. The van der Waals surface area contributed by atoms with Crippen molar-refractivity contribution in [2.45, 2.75) is 12.5 Å². The number of nitrogens with zero attached hydrogens (tertiary/aromatic N) is 1. The van der Waals surface area contributed by atoms with Gasteiger partial charge in [0.15, 0.2) is 0 Å². The fourth-order valence-corrected chi connectivity index (χ4v) is 2.99. The highest BCUT2D eigenvalue weighted by Crippen LogP contribution is 2.27. The van der Waals surface area contributed by atoms with Gasteiger partial charge in [-0.1, -0.05) is 51.8 Å². The summed E-state index contributed by atoms with van der Waals surface area (Å²) in [6.07, 6.45) is 0.654. The molecule has 1 aromatic heterocycles. The molecule has 2 nitrogen and oxygen atoms in total. The van der Waals surface area contributed by atoms with E-state index >= 15 is 0 Å². The zero-order valence-electron chi connectivity index (χ0n) is 11.3. The third-order valence-corrected chi connectivity index (χ3v) is 4.28. The summed E-state index contributed by atoms with van der Waals surface area (Å²) in [7, 11) is 0. The van der Waals surface area contributed by atoms with Crippen molar-refractivity contribution in [3.8, 4) is 0 Å². The van der Waals surface area contributed by atoms with E-state index in [2.05, 4.69) is 33.0 Å². The number of halogens is 2. The summed E-state index contributed by atoms with van der Waals surface area (Å²) in [5, 5.41) is 1.82. The predicted octanol–water partition coefficient (Wildman–Crippen LogP) is 4.89. The molecule has 0 aliphatic heterocycles. The molecular weight excluding hydrogens is 348 g/mol. The van der Waals surface area contributed by atoms with E-state index in [1.807, 2.05) is 42.5 Å². The maximum atomic E-state index is 6.30. The van der Waals surface area contributed by atoms with E-state index in [4.69, 9.17) is 17.3 Å². The van der Waals surface area contributed by atoms with Gasteiger partial charge in [0, 0.05) is 33.0 Å². The topological polar surface area (TPSA) is 38.9 Å². The fraction of sp³-hybridized carbons (Fsp3) is 0.118. The summed E-state index contributed by atoms with van der Waals surface area (Å²) in [5.41, 5.74) is 9.19. The second kappa shape index (κ2) is 6.14. The smallest absolute Gasteiger partial charge is 0.0705 e. The first-order valence-electron chi connectivity index (χ1n) is 6.69. The Bertz CT molecular complexity index is 789. The van der Waals surface area contributed by atoms with E-state index in [9.17, 15) is 0 Å². The van der Waals surface area contributed by atoms with Crippen LogP contribution in [0.2, 0.25) is 5.02 Å². The maximum absolute atomic E-state index is 6.30. The molecule has 2 aromatic carbocycles. The fourth-order valence-electron chi connectivity index (χ4n) is 2.36. The van der Waals surface area contributed by atoms with Gasteiger partial charge in [0.2, 0.25) is 0 Å². The number of hydrogen-bond acceptors (Lipinski definition) is 2. The summed E-state index contributed by atoms with van der Waals surface area (Å²) in [6, 6.07) is 17.7.